The molecule has 5 heteroatoms. The normalized spacial score (nSPS) is 11.1. The van der Waals surface area contributed by atoms with Gasteiger partial charge in [0.1, 0.15) is 5.82 Å². The number of rotatable bonds is 4. The van der Waals surface area contributed by atoms with E-state index < -0.39 is 0 Å². The Kier molecular flexibility index (Phi) is 3.49. The van der Waals surface area contributed by atoms with Crippen LogP contribution >= 0.6 is 0 Å². The van der Waals surface area contributed by atoms with Crippen molar-refractivity contribution in [2.45, 2.75) is 26.4 Å². The summed E-state index contributed by atoms with van der Waals surface area (Å²) in [5, 5.41) is 7.02. The molecule has 0 aliphatic carbocycles. The molecule has 2 rings (SSSR count). The molecule has 4 nitrogen and oxygen atoms in total. The lowest BCUT2D eigenvalue weighted by molar-refractivity contribution is 0.362. The van der Waals surface area contributed by atoms with E-state index in [1.807, 2.05) is 13.8 Å². The highest BCUT2D eigenvalue weighted by Gasteiger charge is 2.08. The first-order chi connectivity index (χ1) is 8.15. The van der Waals surface area contributed by atoms with Gasteiger partial charge in [0.25, 0.3) is 0 Å². The Morgan fingerprint density at radius 1 is 1.29 bits per heavy atom. The first-order valence-corrected chi connectivity index (χ1v) is 5.47. The van der Waals surface area contributed by atoms with Crippen LogP contribution in [0.25, 0.3) is 11.4 Å². The van der Waals surface area contributed by atoms with Crippen molar-refractivity contribution >= 4 is 0 Å². The van der Waals surface area contributed by atoms with Crippen molar-refractivity contribution < 1.29 is 8.91 Å². The van der Waals surface area contributed by atoms with Gasteiger partial charge in [-0.2, -0.15) is 4.98 Å². The smallest absolute Gasteiger partial charge is 0.240 e. The third-order valence-corrected chi connectivity index (χ3v) is 2.23. The summed E-state index contributed by atoms with van der Waals surface area (Å²) in [6.45, 7) is 4.61. The molecule has 0 saturated carbocycles. The van der Waals surface area contributed by atoms with Crippen LogP contribution in [0.5, 0.6) is 0 Å². The number of nitrogens with one attached hydrogen (secondary N) is 1. The molecule has 1 aromatic heterocycles. The quantitative estimate of drug-likeness (QED) is 0.883. The molecule has 1 heterocycles. The van der Waals surface area contributed by atoms with Crippen LogP contribution in [0.1, 0.15) is 19.7 Å². The Labute approximate surface area is 98.8 Å². The van der Waals surface area contributed by atoms with Gasteiger partial charge in [-0.15, -0.1) is 0 Å². The maximum absolute atomic E-state index is 12.7. The Morgan fingerprint density at radius 2 is 2.00 bits per heavy atom. The summed E-state index contributed by atoms with van der Waals surface area (Å²) in [5.41, 5.74) is 0.742. The summed E-state index contributed by atoms with van der Waals surface area (Å²) >= 11 is 0. The van der Waals surface area contributed by atoms with E-state index in [2.05, 4.69) is 15.5 Å². The van der Waals surface area contributed by atoms with Gasteiger partial charge in [-0.1, -0.05) is 19.0 Å². The van der Waals surface area contributed by atoms with Crippen molar-refractivity contribution in [1.29, 1.82) is 0 Å². The highest BCUT2D eigenvalue weighted by atomic mass is 19.1. The van der Waals surface area contributed by atoms with E-state index in [0.717, 1.165) is 5.56 Å². The molecule has 17 heavy (non-hydrogen) atoms. The zero-order valence-corrected chi connectivity index (χ0v) is 9.77. The van der Waals surface area contributed by atoms with Crippen LogP contribution in [0.4, 0.5) is 4.39 Å². The second kappa shape index (κ2) is 5.05. The fraction of sp³-hybridized carbons (Fsp3) is 0.333. The zero-order valence-electron chi connectivity index (χ0n) is 9.77. The molecular formula is C12H14FN3O. The number of halogens is 1. The molecule has 0 radical (unpaired) electrons. The van der Waals surface area contributed by atoms with Gasteiger partial charge in [-0.05, 0) is 24.3 Å². The molecule has 0 fully saturated rings. The first-order valence-electron chi connectivity index (χ1n) is 5.47. The molecule has 90 valence electrons. The molecule has 1 N–H and O–H groups in total. The van der Waals surface area contributed by atoms with Crippen LogP contribution in [-0.2, 0) is 6.54 Å². The van der Waals surface area contributed by atoms with Crippen LogP contribution in [0.15, 0.2) is 28.8 Å². The van der Waals surface area contributed by atoms with E-state index in [9.17, 15) is 4.39 Å². The summed E-state index contributed by atoms with van der Waals surface area (Å²) in [6.07, 6.45) is 0. The van der Waals surface area contributed by atoms with Gasteiger partial charge < -0.3 is 9.84 Å². The minimum absolute atomic E-state index is 0.279. The predicted octanol–water partition coefficient (Wildman–Crippen LogP) is 2.37. The van der Waals surface area contributed by atoms with Crippen LogP contribution in [0.3, 0.4) is 0 Å². The van der Waals surface area contributed by atoms with Gasteiger partial charge >= 0.3 is 0 Å². The van der Waals surface area contributed by atoms with Gasteiger partial charge in [0, 0.05) is 11.6 Å². The number of nitrogens with zero attached hydrogens (tertiary/aromatic N) is 2. The van der Waals surface area contributed by atoms with E-state index in [1.165, 1.54) is 12.1 Å². The SMILES string of the molecule is CC(C)NCc1nc(-c2ccc(F)cc2)no1. The summed E-state index contributed by atoms with van der Waals surface area (Å²) < 4.78 is 17.8. The lowest BCUT2D eigenvalue weighted by atomic mass is 10.2. The summed E-state index contributed by atoms with van der Waals surface area (Å²) in [4.78, 5) is 4.22. The molecular weight excluding hydrogens is 221 g/mol. The van der Waals surface area contributed by atoms with Crippen molar-refractivity contribution in [3.05, 3.63) is 36.0 Å². The van der Waals surface area contributed by atoms with Crippen molar-refractivity contribution in [3.63, 3.8) is 0 Å². The molecule has 0 saturated heterocycles. The van der Waals surface area contributed by atoms with Crippen molar-refractivity contribution in [3.8, 4) is 11.4 Å². The molecule has 0 atom stereocenters. The number of benzene rings is 1. The second-order valence-corrected chi connectivity index (χ2v) is 4.05. The molecule has 0 spiro atoms. The molecule has 0 amide bonds. The molecule has 0 aliphatic rings. The average Bonchev–Trinajstić information content (AvgIpc) is 2.76. The zero-order chi connectivity index (χ0) is 12.3. The van der Waals surface area contributed by atoms with Gasteiger partial charge in [-0.25, -0.2) is 4.39 Å². The summed E-state index contributed by atoms with van der Waals surface area (Å²) in [5.74, 6) is 0.725. The van der Waals surface area contributed by atoms with Gasteiger partial charge in [0.15, 0.2) is 0 Å². The lowest BCUT2D eigenvalue weighted by Gasteiger charge is -2.02. The summed E-state index contributed by atoms with van der Waals surface area (Å²) in [7, 11) is 0. The van der Waals surface area contributed by atoms with Crippen molar-refractivity contribution in [2.24, 2.45) is 0 Å². The second-order valence-electron chi connectivity index (χ2n) is 4.05. The minimum atomic E-state index is -0.279. The molecule has 0 unspecified atom stereocenters. The molecule has 0 aliphatic heterocycles. The Balaban J connectivity index is 2.10. The first kappa shape index (κ1) is 11.7. The maximum atomic E-state index is 12.7. The standard InChI is InChI=1S/C12H14FN3O/c1-8(2)14-7-11-15-12(16-17-11)9-3-5-10(13)6-4-9/h3-6,8,14H,7H2,1-2H3. The van der Waals surface area contributed by atoms with E-state index in [0.29, 0.717) is 24.3 Å². The third-order valence-electron chi connectivity index (χ3n) is 2.23. The summed E-state index contributed by atoms with van der Waals surface area (Å²) in [6, 6.07) is 6.35. The van der Waals surface area contributed by atoms with E-state index in [4.69, 9.17) is 4.52 Å². The molecule has 2 aromatic rings. The highest BCUT2D eigenvalue weighted by Crippen LogP contribution is 2.15. The van der Waals surface area contributed by atoms with E-state index >= 15 is 0 Å². The Bertz CT molecular complexity index is 479. The van der Waals surface area contributed by atoms with E-state index in [1.54, 1.807) is 12.1 Å². The Hall–Kier alpha value is -1.75. The largest absolute Gasteiger partial charge is 0.338 e. The van der Waals surface area contributed by atoms with Crippen molar-refractivity contribution in [1.82, 2.24) is 15.5 Å². The molecule has 1 aromatic carbocycles. The van der Waals surface area contributed by atoms with Gasteiger partial charge in [0.05, 0.1) is 6.54 Å². The predicted molar refractivity (Wildman–Crippen MR) is 61.7 cm³/mol. The fourth-order valence-electron chi connectivity index (χ4n) is 1.33. The van der Waals surface area contributed by atoms with E-state index in [-0.39, 0.29) is 5.82 Å². The monoisotopic (exact) mass is 235 g/mol. The molecule has 0 bridgehead atoms. The number of hydrogen-bond acceptors (Lipinski definition) is 4. The number of aromatic nitrogens is 2. The van der Waals surface area contributed by atoms with Gasteiger partial charge in [-0.3, -0.25) is 0 Å². The van der Waals surface area contributed by atoms with Crippen molar-refractivity contribution in [2.75, 3.05) is 0 Å². The van der Waals surface area contributed by atoms with Crippen LogP contribution in [0, 0.1) is 5.82 Å². The van der Waals surface area contributed by atoms with Crippen LogP contribution in [0.2, 0.25) is 0 Å². The minimum Gasteiger partial charge on any atom is -0.338 e. The van der Waals surface area contributed by atoms with Gasteiger partial charge in [0.2, 0.25) is 11.7 Å². The fourth-order valence-corrected chi connectivity index (χ4v) is 1.33. The van der Waals surface area contributed by atoms with Crippen LogP contribution in [-0.4, -0.2) is 16.2 Å². The third kappa shape index (κ3) is 3.10. The average molecular weight is 235 g/mol. The highest BCUT2D eigenvalue weighted by molar-refractivity contribution is 5.53. The van der Waals surface area contributed by atoms with Crippen LogP contribution < -0.4 is 5.32 Å². The maximum Gasteiger partial charge on any atom is 0.240 e. The lowest BCUT2D eigenvalue weighted by Crippen LogP contribution is -2.21. The number of hydrogen-bond donors (Lipinski definition) is 1. The Morgan fingerprint density at radius 3 is 2.65 bits per heavy atom. The topological polar surface area (TPSA) is 51.0 Å².